The first-order valence-electron chi connectivity index (χ1n) is 5.16. The number of benzene rings is 1. The van der Waals surface area contributed by atoms with E-state index in [0.717, 1.165) is 16.5 Å². The van der Waals surface area contributed by atoms with Crippen LogP contribution in [0.3, 0.4) is 0 Å². The maximum Gasteiger partial charge on any atom is 0.155 e. The van der Waals surface area contributed by atoms with Gasteiger partial charge in [0.25, 0.3) is 0 Å². The Hall–Kier alpha value is -2.00. The minimum Gasteiger partial charge on any atom is -0.256 e. The molecule has 3 aromatic rings. The van der Waals surface area contributed by atoms with E-state index in [9.17, 15) is 0 Å². The third kappa shape index (κ3) is 1.85. The molecule has 4 heteroatoms. The number of halogens is 1. The van der Waals surface area contributed by atoms with Crippen LogP contribution >= 0.6 is 11.6 Å². The lowest BCUT2D eigenvalue weighted by Crippen LogP contribution is -1.87. The van der Waals surface area contributed by atoms with Crippen molar-refractivity contribution in [1.82, 2.24) is 15.0 Å². The standard InChI is InChI=1S/C13H8ClN3/c14-13-12(16-6-7-17-13)10-3-4-11-9(8-10)2-1-5-15-11/h1-8H. The number of hydrogen-bond acceptors (Lipinski definition) is 3. The lowest BCUT2D eigenvalue weighted by Gasteiger charge is -2.03. The molecule has 0 radical (unpaired) electrons. The Morgan fingerprint density at radius 2 is 1.76 bits per heavy atom. The zero-order valence-electron chi connectivity index (χ0n) is 8.84. The van der Waals surface area contributed by atoms with E-state index in [0.29, 0.717) is 10.8 Å². The molecule has 0 bridgehead atoms. The van der Waals surface area contributed by atoms with Gasteiger partial charge in [0.15, 0.2) is 5.15 Å². The van der Waals surface area contributed by atoms with Gasteiger partial charge in [-0.15, -0.1) is 0 Å². The first-order chi connectivity index (χ1) is 8.34. The van der Waals surface area contributed by atoms with Gasteiger partial charge in [0, 0.05) is 29.5 Å². The molecule has 3 nitrogen and oxygen atoms in total. The van der Waals surface area contributed by atoms with Crippen LogP contribution in [0.1, 0.15) is 0 Å². The van der Waals surface area contributed by atoms with Crippen molar-refractivity contribution in [2.75, 3.05) is 0 Å². The van der Waals surface area contributed by atoms with Crippen molar-refractivity contribution in [3.05, 3.63) is 54.1 Å². The average molecular weight is 242 g/mol. The van der Waals surface area contributed by atoms with Gasteiger partial charge in [-0.3, -0.25) is 9.97 Å². The molecule has 0 aliphatic rings. The maximum absolute atomic E-state index is 6.02. The largest absolute Gasteiger partial charge is 0.256 e. The molecular weight excluding hydrogens is 234 g/mol. The lowest BCUT2D eigenvalue weighted by molar-refractivity contribution is 1.21. The minimum atomic E-state index is 0.413. The molecule has 0 spiro atoms. The Kier molecular flexibility index (Phi) is 2.46. The van der Waals surface area contributed by atoms with Crippen LogP contribution in [0.5, 0.6) is 0 Å². The molecule has 17 heavy (non-hydrogen) atoms. The van der Waals surface area contributed by atoms with Crippen LogP contribution in [-0.4, -0.2) is 15.0 Å². The summed E-state index contributed by atoms with van der Waals surface area (Å²) in [6.45, 7) is 0. The highest BCUT2D eigenvalue weighted by atomic mass is 35.5. The van der Waals surface area contributed by atoms with E-state index in [1.807, 2.05) is 30.3 Å². The summed E-state index contributed by atoms with van der Waals surface area (Å²) in [7, 11) is 0. The summed E-state index contributed by atoms with van der Waals surface area (Å²) in [6, 6.07) is 9.83. The number of rotatable bonds is 1. The van der Waals surface area contributed by atoms with Crippen molar-refractivity contribution in [2.24, 2.45) is 0 Å². The van der Waals surface area contributed by atoms with Gasteiger partial charge in [0.2, 0.25) is 0 Å². The first-order valence-corrected chi connectivity index (χ1v) is 5.54. The predicted octanol–water partition coefficient (Wildman–Crippen LogP) is 3.35. The Labute approximate surface area is 103 Å². The number of fused-ring (bicyclic) bond motifs is 1. The van der Waals surface area contributed by atoms with Gasteiger partial charge in [-0.05, 0) is 18.2 Å². The van der Waals surface area contributed by atoms with Crippen LogP contribution in [0, 0.1) is 0 Å². The molecule has 0 aliphatic carbocycles. The highest BCUT2D eigenvalue weighted by molar-refractivity contribution is 6.31. The van der Waals surface area contributed by atoms with Crippen LogP contribution in [0.4, 0.5) is 0 Å². The molecular formula is C13H8ClN3. The van der Waals surface area contributed by atoms with E-state index in [1.54, 1.807) is 18.6 Å². The highest BCUT2D eigenvalue weighted by Gasteiger charge is 2.06. The van der Waals surface area contributed by atoms with Gasteiger partial charge in [0.1, 0.15) is 5.69 Å². The van der Waals surface area contributed by atoms with Gasteiger partial charge in [-0.25, -0.2) is 4.98 Å². The molecule has 0 unspecified atom stereocenters. The normalized spacial score (nSPS) is 10.6. The van der Waals surface area contributed by atoms with E-state index < -0.39 is 0 Å². The first kappa shape index (κ1) is 10.2. The van der Waals surface area contributed by atoms with Crippen molar-refractivity contribution in [3.63, 3.8) is 0 Å². The molecule has 1 aromatic carbocycles. The summed E-state index contributed by atoms with van der Waals surface area (Å²) in [4.78, 5) is 12.5. The van der Waals surface area contributed by atoms with Gasteiger partial charge >= 0.3 is 0 Å². The molecule has 0 saturated carbocycles. The summed E-state index contributed by atoms with van der Waals surface area (Å²) in [5, 5.41) is 1.47. The third-order valence-electron chi connectivity index (χ3n) is 2.53. The Bertz CT molecular complexity index is 682. The number of nitrogens with zero attached hydrogens (tertiary/aromatic N) is 3. The van der Waals surface area contributed by atoms with Crippen LogP contribution < -0.4 is 0 Å². The summed E-state index contributed by atoms with van der Waals surface area (Å²) in [6.07, 6.45) is 4.99. The fourth-order valence-corrected chi connectivity index (χ4v) is 1.95. The molecule has 0 fully saturated rings. The van der Waals surface area contributed by atoms with Crippen molar-refractivity contribution >= 4 is 22.5 Å². The summed E-state index contributed by atoms with van der Waals surface area (Å²) in [5.74, 6) is 0. The second-order valence-corrected chi connectivity index (χ2v) is 3.96. The molecule has 0 amide bonds. The second-order valence-electron chi connectivity index (χ2n) is 3.61. The summed E-state index contributed by atoms with van der Waals surface area (Å²) < 4.78 is 0. The second kappa shape index (κ2) is 4.11. The van der Waals surface area contributed by atoms with E-state index >= 15 is 0 Å². The average Bonchev–Trinajstić information content (AvgIpc) is 2.39. The van der Waals surface area contributed by atoms with Crippen molar-refractivity contribution < 1.29 is 0 Å². The van der Waals surface area contributed by atoms with E-state index in [2.05, 4.69) is 15.0 Å². The molecule has 2 aromatic heterocycles. The lowest BCUT2D eigenvalue weighted by atomic mass is 10.1. The van der Waals surface area contributed by atoms with Gasteiger partial charge in [-0.1, -0.05) is 23.7 Å². The van der Waals surface area contributed by atoms with Gasteiger partial charge in [0.05, 0.1) is 5.52 Å². The van der Waals surface area contributed by atoms with E-state index in [4.69, 9.17) is 11.6 Å². The smallest absolute Gasteiger partial charge is 0.155 e. The Morgan fingerprint density at radius 1 is 0.882 bits per heavy atom. The number of pyridine rings is 1. The quantitative estimate of drug-likeness (QED) is 0.656. The van der Waals surface area contributed by atoms with Crippen LogP contribution in [0.15, 0.2) is 48.9 Å². The predicted molar refractivity (Wildman–Crippen MR) is 67.8 cm³/mol. The zero-order valence-corrected chi connectivity index (χ0v) is 9.59. The monoisotopic (exact) mass is 241 g/mol. The topological polar surface area (TPSA) is 38.7 Å². The molecule has 3 rings (SSSR count). The summed E-state index contributed by atoms with van der Waals surface area (Å²) in [5.41, 5.74) is 2.60. The Morgan fingerprint density at radius 3 is 2.65 bits per heavy atom. The van der Waals surface area contributed by atoms with Gasteiger partial charge < -0.3 is 0 Å². The highest BCUT2D eigenvalue weighted by Crippen LogP contribution is 2.25. The van der Waals surface area contributed by atoms with Crippen molar-refractivity contribution in [2.45, 2.75) is 0 Å². The van der Waals surface area contributed by atoms with E-state index in [-0.39, 0.29) is 0 Å². The van der Waals surface area contributed by atoms with Crippen LogP contribution in [0.2, 0.25) is 5.15 Å². The fraction of sp³-hybridized carbons (Fsp3) is 0. The minimum absolute atomic E-state index is 0.413. The summed E-state index contributed by atoms with van der Waals surface area (Å²) >= 11 is 6.02. The molecule has 0 aliphatic heterocycles. The number of aromatic nitrogens is 3. The Balaban J connectivity index is 2.22. The molecule has 2 heterocycles. The molecule has 0 atom stereocenters. The maximum atomic E-state index is 6.02. The van der Waals surface area contributed by atoms with Crippen molar-refractivity contribution in [1.29, 1.82) is 0 Å². The SMILES string of the molecule is Clc1nccnc1-c1ccc2ncccc2c1. The molecule has 82 valence electrons. The fourth-order valence-electron chi connectivity index (χ4n) is 1.74. The van der Waals surface area contributed by atoms with E-state index in [1.165, 1.54) is 0 Å². The van der Waals surface area contributed by atoms with Crippen LogP contribution in [-0.2, 0) is 0 Å². The number of hydrogen-bond donors (Lipinski definition) is 0. The molecule has 0 saturated heterocycles. The van der Waals surface area contributed by atoms with Crippen molar-refractivity contribution in [3.8, 4) is 11.3 Å². The zero-order chi connectivity index (χ0) is 11.7. The third-order valence-corrected chi connectivity index (χ3v) is 2.81. The molecule has 0 N–H and O–H groups in total. The van der Waals surface area contributed by atoms with Crippen LogP contribution in [0.25, 0.3) is 22.2 Å². The van der Waals surface area contributed by atoms with Gasteiger partial charge in [-0.2, -0.15) is 0 Å².